The molecule has 1 aromatic heterocycles. The number of sulfonamides is 1. The zero-order chi connectivity index (χ0) is 14.7. The van der Waals surface area contributed by atoms with Gasteiger partial charge in [-0.25, -0.2) is 8.42 Å². The molecule has 0 radical (unpaired) electrons. The van der Waals surface area contributed by atoms with Crippen molar-refractivity contribution in [1.29, 1.82) is 0 Å². The van der Waals surface area contributed by atoms with E-state index in [1.807, 2.05) is 6.07 Å². The van der Waals surface area contributed by atoms with E-state index in [0.717, 1.165) is 38.0 Å². The molecule has 0 spiro atoms. The van der Waals surface area contributed by atoms with E-state index >= 15 is 0 Å². The first-order valence-corrected chi connectivity index (χ1v) is 9.51. The van der Waals surface area contributed by atoms with Crippen LogP contribution in [0.2, 0.25) is 0 Å². The Hall–Kier alpha value is -0.850. The average Bonchev–Trinajstić information content (AvgIpc) is 3.37. The Balaban J connectivity index is 1.47. The molecule has 6 heteroatoms. The van der Waals surface area contributed by atoms with Crippen molar-refractivity contribution in [3.63, 3.8) is 0 Å². The molecule has 0 unspecified atom stereocenters. The summed E-state index contributed by atoms with van der Waals surface area (Å²) >= 11 is 0. The number of nitrogens with one attached hydrogen (secondary N) is 1. The smallest absolute Gasteiger partial charge is 0.214 e. The molecule has 0 aromatic carbocycles. The van der Waals surface area contributed by atoms with Crippen molar-refractivity contribution in [1.82, 2.24) is 9.62 Å². The van der Waals surface area contributed by atoms with Gasteiger partial charge in [0.1, 0.15) is 5.76 Å². The molecule has 21 heavy (non-hydrogen) atoms. The predicted molar refractivity (Wildman–Crippen MR) is 81.3 cm³/mol. The Labute approximate surface area is 126 Å². The Bertz CT molecular complexity index is 533. The summed E-state index contributed by atoms with van der Waals surface area (Å²) < 4.78 is 32.0. The molecule has 3 rings (SSSR count). The van der Waals surface area contributed by atoms with E-state index in [4.69, 9.17) is 4.42 Å². The molecule has 0 atom stereocenters. The molecule has 2 aliphatic rings. The van der Waals surface area contributed by atoms with Crippen LogP contribution in [-0.4, -0.2) is 37.1 Å². The summed E-state index contributed by atoms with van der Waals surface area (Å²) in [6, 6.07) is 4.52. The zero-order valence-electron chi connectivity index (χ0n) is 12.3. The monoisotopic (exact) mass is 312 g/mol. The van der Waals surface area contributed by atoms with Crippen molar-refractivity contribution in [2.75, 3.05) is 12.3 Å². The maximum Gasteiger partial charge on any atom is 0.214 e. The second-order valence-electron chi connectivity index (χ2n) is 6.11. The van der Waals surface area contributed by atoms with Gasteiger partial charge in [-0.1, -0.05) is 0 Å². The van der Waals surface area contributed by atoms with Gasteiger partial charge in [0, 0.05) is 12.1 Å². The number of nitrogens with zero attached hydrogens (tertiary/aromatic N) is 1. The minimum Gasteiger partial charge on any atom is -0.468 e. The van der Waals surface area contributed by atoms with Crippen LogP contribution in [0.4, 0.5) is 0 Å². The van der Waals surface area contributed by atoms with Gasteiger partial charge in [-0.05, 0) is 57.2 Å². The van der Waals surface area contributed by atoms with Crippen LogP contribution in [0.5, 0.6) is 0 Å². The molecule has 1 aromatic rings. The maximum atomic E-state index is 12.5. The Morgan fingerprint density at radius 3 is 2.67 bits per heavy atom. The lowest BCUT2D eigenvalue weighted by Gasteiger charge is -2.20. The fourth-order valence-corrected chi connectivity index (χ4v) is 4.29. The van der Waals surface area contributed by atoms with Gasteiger partial charge in [0.05, 0.1) is 18.6 Å². The standard InChI is InChI=1S/C15H24N2O3S/c18-21(19,11-2-1-9-16-13-5-6-13)17(14-7-8-14)12-15-4-3-10-20-15/h3-4,10,13-14,16H,1-2,5-9,11-12H2. The predicted octanol–water partition coefficient (Wildman–Crippen LogP) is 2.11. The fraction of sp³-hybridized carbons (Fsp3) is 0.733. The first-order chi connectivity index (χ1) is 10.1. The van der Waals surface area contributed by atoms with Gasteiger partial charge in [-0.3, -0.25) is 0 Å². The molecular weight excluding hydrogens is 288 g/mol. The number of rotatable bonds is 10. The van der Waals surface area contributed by atoms with E-state index in [2.05, 4.69) is 5.32 Å². The fourth-order valence-electron chi connectivity index (χ4n) is 2.49. The molecule has 0 bridgehead atoms. The minimum absolute atomic E-state index is 0.185. The largest absolute Gasteiger partial charge is 0.468 e. The van der Waals surface area contributed by atoms with Crippen LogP contribution in [0, 0.1) is 0 Å². The third kappa shape index (κ3) is 4.56. The van der Waals surface area contributed by atoms with Gasteiger partial charge >= 0.3 is 0 Å². The third-order valence-corrected chi connectivity index (χ3v) is 5.99. The van der Waals surface area contributed by atoms with Gasteiger partial charge < -0.3 is 9.73 Å². The summed E-state index contributed by atoms with van der Waals surface area (Å²) in [5.41, 5.74) is 0. The molecule has 1 heterocycles. The molecule has 0 saturated heterocycles. The second-order valence-corrected chi connectivity index (χ2v) is 8.15. The summed E-state index contributed by atoms with van der Waals surface area (Å²) in [6.45, 7) is 1.31. The molecule has 5 nitrogen and oxygen atoms in total. The van der Waals surface area contributed by atoms with Crippen molar-refractivity contribution in [2.45, 2.75) is 57.2 Å². The van der Waals surface area contributed by atoms with Crippen LogP contribution in [0.3, 0.4) is 0 Å². The molecule has 1 N–H and O–H groups in total. The summed E-state index contributed by atoms with van der Waals surface area (Å²) in [7, 11) is -3.17. The third-order valence-electron chi connectivity index (χ3n) is 4.04. The first kappa shape index (κ1) is 15.1. The van der Waals surface area contributed by atoms with E-state index in [1.54, 1.807) is 16.6 Å². The highest BCUT2D eigenvalue weighted by atomic mass is 32.2. The molecular formula is C15H24N2O3S. The van der Waals surface area contributed by atoms with Crippen LogP contribution < -0.4 is 5.32 Å². The summed E-state index contributed by atoms with van der Waals surface area (Å²) in [5, 5.41) is 3.42. The highest BCUT2D eigenvalue weighted by Crippen LogP contribution is 2.31. The van der Waals surface area contributed by atoms with Gasteiger partial charge in [0.2, 0.25) is 10.0 Å². The van der Waals surface area contributed by atoms with Gasteiger partial charge in [-0.15, -0.1) is 0 Å². The minimum atomic E-state index is -3.17. The summed E-state index contributed by atoms with van der Waals surface area (Å²) in [4.78, 5) is 0. The van der Waals surface area contributed by atoms with Crippen molar-refractivity contribution in [3.8, 4) is 0 Å². The van der Waals surface area contributed by atoms with Gasteiger partial charge in [0.15, 0.2) is 0 Å². The summed E-state index contributed by atoms with van der Waals surface area (Å²) in [6.07, 6.45) is 7.75. The molecule has 0 aliphatic heterocycles. The molecule has 118 valence electrons. The van der Waals surface area contributed by atoms with Gasteiger partial charge in [0.25, 0.3) is 0 Å². The van der Waals surface area contributed by atoms with Crippen LogP contribution in [-0.2, 0) is 16.6 Å². The lowest BCUT2D eigenvalue weighted by atomic mass is 10.3. The van der Waals surface area contributed by atoms with E-state index in [9.17, 15) is 8.42 Å². The maximum absolute atomic E-state index is 12.5. The number of furan rings is 1. The number of hydrogen-bond donors (Lipinski definition) is 1. The molecule has 0 amide bonds. The van der Waals surface area contributed by atoms with Crippen LogP contribution in [0.15, 0.2) is 22.8 Å². The quantitative estimate of drug-likeness (QED) is 0.672. The topological polar surface area (TPSA) is 62.6 Å². The SMILES string of the molecule is O=S(=O)(CCCCNC1CC1)N(Cc1ccco1)C1CC1. The Morgan fingerprint density at radius 1 is 1.24 bits per heavy atom. The van der Waals surface area contributed by atoms with E-state index < -0.39 is 10.0 Å². The zero-order valence-corrected chi connectivity index (χ0v) is 13.1. The lowest BCUT2D eigenvalue weighted by molar-refractivity contribution is 0.356. The second kappa shape index (κ2) is 6.50. The van der Waals surface area contributed by atoms with E-state index in [1.165, 1.54) is 12.8 Å². The summed E-state index contributed by atoms with van der Waals surface area (Å²) in [5.74, 6) is 0.970. The molecule has 2 saturated carbocycles. The normalized spacial score (nSPS) is 19.3. The number of unbranched alkanes of at least 4 members (excludes halogenated alkanes) is 1. The van der Waals surface area contributed by atoms with Crippen LogP contribution in [0.25, 0.3) is 0 Å². The Kier molecular flexibility index (Phi) is 4.66. The highest BCUT2D eigenvalue weighted by Gasteiger charge is 2.37. The first-order valence-electron chi connectivity index (χ1n) is 7.90. The van der Waals surface area contributed by atoms with Crippen molar-refractivity contribution >= 4 is 10.0 Å². The number of hydrogen-bond acceptors (Lipinski definition) is 4. The van der Waals surface area contributed by atoms with Crippen molar-refractivity contribution < 1.29 is 12.8 Å². The highest BCUT2D eigenvalue weighted by molar-refractivity contribution is 7.89. The van der Waals surface area contributed by atoms with Gasteiger partial charge in [-0.2, -0.15) is 4.31 Å². The van der Waals surface area contributed by atoms with E-state index in [0.29, 0.717) is 12.6 Å². The molecule has 2 fully saturated rings. The van der Waals surface area contributed by atoms with Crippen molar-refractivity contribution in [2.24, 2.45) is 0 Å². The average molecular weight is 312 g/mol. The molecule has 2 aliphatic carbocycles. The van der Waals surface area contributed by atoms with Crippen LogP contribution >= 0.6 is 0 Å². The lowest BCUT2D eigenvalue weighted by Crippen LogP contribution is -2.34. The van der Waals surface area contributed by atoms with E-state index in [-0.39, 0.29) is 11.8 Å². The van der Waals surface area contributed by atoms with Crippen LogP contribution in [0.1, 0.15) is 44.3 Å². The Morgan fingerprint density at radius 2 is 2.05 bits per heavy atom. The van der Waals surface area contributed by atoms with Crippen molar-refractivity contribution in [3.05, 3.63) is 24.2 Å².